The van der Waals surface area contributed by atoms with E-state index in [1.165, 1.54) is 0 Å². The molecule has 17 heavy (non-hydrogen) atoms. The van der Waals surface area contributed by atoms with Gasteiger partial charge in [-0.1, -0.05) is 18.2 Å². The highest BCUT2D eigenvalue weighted by Gasteiger charge is 2.13. The molecule has 0 fully saturated rings. The molecule has 0 bridgehead atoms. The molecule has 0 aliphatic rings. The van der Waals surface area contributed by atoms with E-state index in [4.69, 9.17) is 0 Å². The van der Waals surface area contributed by atoms with Gasteiger partial charge in [-0.05, 0) is 19.9 Å². The summed E-state index contributed by atoms with van der Waals surface area (Å²) in [6.07, 6.45) is 0. The summed E-state index contributed by atoms with van der Waals surface area (Å²) in [4.78, 5) is 29.6. The van der Waals surface area contributed by atoms with Crippen LogP contribution in [0, 0.1) is 0 Å². The zero-order chi connectivity index (χ0) is 12.4. The standard InChI is InChI=1S/C12H13N3O2/c1-7(2)13-11(16)10-8-5-3-4-6-9(8)14-12(17)15-10/h3-7H,1-2H3,(H,13,16)(H,14,15,17). The van der Waals surface area contributed by atoms with Crippen LogP contribution in [0.2, 0.25) is 0 Å². The fourth-order valence-electron chi connectivity index (χ4n) is 1.61. The van der Waals surface area contributed by atoms with Crippen molar-refractivity contribution in [2.75, 3.05) is 0 Å². The fourth-order valence-corrected chi connectivity index (χ4v) is 1.61. The van der Waals surface area contributed by atoms with Gasteiger partial charge >= 0.3 is 5.69 Å². The van der Waals surface area contributed by atoms with E-state index in [1.54, 1.807) is 24.3 Å². The lowest BCUT2D eigenvalue weighted by Crippen LogP contribution is -2.32. The number of nitrogens with one attached hydrogen (secondary N) is 2. The van der Waals surface area contributed by atoms with Crippen LogP contribution >= 0.6 is 0 Å². The largest absolute Gasteiger partial charge is 0.349 e. The first-order chi connectivity index (χ1) is 8.08. The molecule has 0 saturated heterocycles. The third-order valence-electron chi connectivity index (χ3n) is 2.27. The summed E-state index contributed by atoms with van der Waals surface area (Å²) in [6, 6.07) is 7.09. The van der Waals surface area contributed by atoms with Gasteiger partial charge in [-0.3, -0.25) is 4.79 Å². The molecule has 1 aromatic carbocycles. The summed E-state index contributed by atoms with van der Waals surface area (Å²) in [5, 5.41) is 3.37. The second-order valence-electron chi connectivity index (χ2n) is 4.06. The predicted molar refractivity (Wildman–Crippen MR) is 65.0 cm³/mol. The van der Waals surface area contributed by atoms with Crippen molar-refractivity contribution in [3.05, 3.63) is 40.4 Å². The number of amides is 1. The van der Waals surface area contributed by atoms with Gasteiger partial charge in [0.05, 0.1) is 5.52 Å². The molecule has 0 unspecified atom stereocenters. The van der Waals surface area contributed by atoms with Gasteiger partial charge in [0.1, 0.15) is 5.69 Å². The Morgan fingerprint density at radius 3 is 2.76 bits per heavy atom. The number of rotatable bonds is 2. The van der Waals surface area contributed by atoms with Gasteiger partial charge in [0.25, 0.3) is 5.91 Å². The molecule has 0 spiro atoms. The summed E-state index contributed by atoms with van der Waals surface area (Å²) in [7, 11) is 0. The molecule has 0 saturated carbocycles. The highest BCUT2D eigenvalue weighted by molar-refractivity contribution is 6.04. The van der Waals surface area contributed by atoms with Crippen LogP contribution in [-0.4, -0.2) is 21.9 Å². The van der Waals surface area contributed by atoms with E-state index >= 15 is 0 Å². The second-order valence-corrected chi connectivity index (χ2v) is 4.06. The molecular formula is C12H13N3O2. The van der Waals surface area contributed by atoms with Crippen molar-refractivity contribution < 1.29 is 4.79 Å². The smallest absolute Gasteiger partial charge is 0.346 e. The van der Waals surface area contributed by atoms with E-state index in [9.17, 15) is 9.59 Å². The number of carbonyl (C=O) groups excluding carboxylic acids is 1. The number of para-hydroxylation sites is 1. The third kappa shape index (κ3) is 2.33. The Morgan fingerprint density at radius 1 is 1.35 bits per heavy atom. The number of aromatic amines is 1. The maximum absolute atomic E-state index is 11.9. The van der Waals surface area contributed by atoms with Crippen LogP contribution in [0.1, 0.15) is 24.3 Å². The number of H-pyrrole nitrogens is 1. The molecule has 0 radical (unpaired) electrons. The summed E-state index contributed by atoms with van der Waals surface area (Å²) < 4.78 is 0. The highest BCUT2D eigenvalue weighted by atomic mass is 16.2. The molecule has 88 valence electrons. The molecule has 1 aromatic heterocycles. The molecule has 5 nitrogen and oxygen atoms in total. The van der Waals surface area contributed by atoms with Crippen molar-refractivity contribution in [3.8, 4) is 0 Å². The zero-order valence-corrected chi connectivity index (χ0v) is 9.65. The van der Waals surface area contributed by atoms with Gasteiger partial charge in [0.15, 0.2) is 0 Å². The predicted octanol–water partition coefficient (Wildman–Crippen LogP) is 1.06. The summed E-state index contributed by atoms with van der Waals surface area (Å²) in [6.45, 7) is 3.71. The molecule has 0 atom stereocenters. The molecular weight excluding hydrogens is 218 g/mol. The second kappa shape index (κ2) is 4.37. The first kappa shape index (κ1) is 11.3. The average molecular weight is 231 g/mol. The van der Waals surface area contributed by atoms with Gasteiger partial charge in [0.2, 0.25) is 0 Å². The SMILES string of the molecule is CC(C)NC(=O)c1nc(=O)[nH]c2ccccc12. The number of aromatic nitrogens is 2. The van der Waals surface area contributed by atoms with Gasteiger partial charge in [-0.15, -0.1) is 0 Å². The summed E-state index contributed by atoms with van der Waals surface area (Å²) >= 11 is 0. The molecule has 2 rings (SSSR count). The Kier molecular flexibility index (Phi) is 2.91. The monoisotopic (exact) mass is 231 g/mol. The van der Waals surface area contributed by atoms with E-state index < -0.39 is 5.69 Å². The molecule has 0 aliphatic carbocycles. The van der Waals surface area contributed by atoms with Crippen LogP contribution in [0.15, 0.2) is 29.1 Å². The number of hydrogen-bond acceptors (Lipinski definition) is 3. The molecule has 0 aliphatic heterocycles. The van der Waals surface area contributed by atoms with Crippen molar-refractivity contribution in [1.29, 1.82) is 0 Å². The van der Waals surface area contributed by atoms with Crippen molar-refractivity contribution in [1.82, 2.24) is 15.3 Å². The normalized spacial score (nSPS) is 10.8. The minimum atomic E-state index is -0.516. The van der Waals surface area contributed by atoms with Gasteiger partial charge in [-0.2, -0.15) is 4.98 Å². The lowest BCUT2D eigenvalue weighted by Gasteiger charge is -2.09. The Morgan fingerprint density at radius 2 is 2.06 bits per heavy atom. The lowest BCUT2D eigenvalue weighted by atomic mass is 10.2. The van der Waals surface area contributed by atoms with E-state index in [-0.39, 0.29) is 17.6 Å². The van der Waals surface area contributed by atoms with Gasteiger partial charge < -0.3 is 10.3 Å². The molecule has 1 amide bonds. The molecule has 2 N–H and O–H groups in total. The first-order valence-corrected chi connectivity index (χ1v) is 5.38. The minimum Gasteiger partial charge on any atom is -0.349 e. The topological polar surface area (TPSA) is 74.8 Å². The maximum Gasteiger partial charge on any atom is 0.346 e. The van der Waals surface area contributed by atoms with E-state index in [2.05, 4.69) is 15.3 Å². The van der Waals surface area contributed by atoms with E-state index in [1.807, 2.05) is 13.8 Å². The fraction of sp³-hybridized carbons (Fsp3) is 0.250. The van der Waals surface area contributed by atoms with Crippen LogP contribution in [0.25, 0.3) is 10.9 Å². The van der Waals surface area contributed by atoms with Crippen LogP contribution in [-0.2, 0) is 0 Å². The van der Waals surface area contributed by atoms with Crippen molar-refractivity contribution in [3.63, 3.8) is 0 Å². The van der Waals surface area contributed by atoms with Gasteiger partial charge in [-0.25, -0.2) is 4.79 Å². The minimum absolute atomic E-state index is 0.00218. The van der Waals surface area contributed by atoms with Crippen LogP contribution in [0.4, 0.5) is 0 Å². The van der Waals surface area contributed by atoms with E-state index in [0.717, 1.165) is 0 Å². The highest BCUT2D eigenvalue weighted by Crippen LogP contribution is 2.12. The third-order valence-corrected chi connectivity index (χ3v) is 2.27. The quantitative estimate of drug-likeness (QED) is 0.811. The zero-order valence-electron chi connectivity index (χ0n) is 9.65. The molecule has 1 heterocycles. The maximum atomic E-state index is 11.9. The number of fused-ring (bicyclic) bond motifs is 1. The average Bonchev–Trinajstić information content (AvgIpc) is 2.26. The Hall–Kier alpha value is -2.17. The van der Waals surface area contributed by atoms with Crippen molar-refractivity contribution >= 4 is 16.8 Å². The number of hydrogen-bond donors (Lipinski definition) is 2. The summed E-state index contributed by atoms with van der Waals surface area (Å²) in [5.74, 6) is -0.331. The first-order valence-electron chi connectivity index (χ1n) is 5.38. The van der Waals surface area contributed by atoms with E-state index in [0.29, 0.717) is 10.9 Å². The van der Waals surface area contributed by atoms with Gasteiger partial charge in [0, 0.05) is 11.4 Å². The molecule has 2 aromatic rings. The van der Waals surface area contributed by atoms with Crippen molar-refractivity contribution in [2.24, 2.45) is 0 Å². The lowest BCUT2D eigenvalue weighted by molar-refractivity contribution is 0.0939. The number of benzene rings is 1. The van der Waals surface area contributed by atoms with Crippen LogP contribution < -0.4 is 11.0 Å². The Balaban J connectivity index is 2.60. The Labute approximate surface area is 97.9 Å². The molecule has 5 heteroatoms. The summed E-state index contributed by atoms with van der Waals surface area (Å²) in [5.41, 5.74) is 0.261. The Bertz CT molecular complexity index is 616. The van der Waals surface area contributed by atoms with Crippen molar-refractivity contribution in [2.45, 2.75) is 19.9 Å². The van der Waals surface area contributed by atoms with Crippen LogP contribution in [0.5, 0.6) is 0 Å². The number of carbonyl (C=O) groups is 1. The van der Waals surface area contributed by atoms with Crippen LogP contribution in [0.3, 0.4) is 0 Å². The number of nitrogens with zero attached hydrogens (tertiary/aromatic N) is 1.